The Hall–Kier alpha value is -1.18. The molecular formula is C15H19O2. The predicted molar refractivity (Wildman–Crippen MR) is 66.4 cm³/mol. The Morgan fingerprint density at radius 1 is 1.12 bits per heavy atom. The number of hydrogen-bond acceptors (Lipinski definition) is 2. The van der Waals surface area contributed by atoms with Gasteiger partial charge in [-0.25, -0.2) is 0 Å². The molecule has 91 valence electrons. The first kappa shape index (κ1) is 10.9. The van der Waals surface area contributed by atoms with Crippen LogP contribution >= 0.6 is 0 Å². The fraction of sp³-hybridized carbons (Fsp3) is 0.600. The van der Waals surface area contributed by atoms with Crippen molar-refractivity contribution in [2.45, 2.75) is 44.6 Å². The van der Waals surface area contributed by atoms with Crippen molar-refractivity contribution in [2.24, 2.45) is 5.92 Å². The molecule has 0 spiro atoms. The minimum absolute atomic E-state index is 0.383. The second-order valence-electron chi connectivity index (χ2n) is 5.15. The Morgan fingerprint density at radius 3 is 2.71 bits per heavy atom. The van der Waals surface area contributed by atoms with E-state index >= 15 is 0 Å². The fourth-order valence-electron chi connectivity index (χ4n) is 2.29. The monoisotopic (exact) mass is 231 g/mol. The van der Waals surface area contributed by atoms with Gasteiger partial charge < -0.3 is 9.47 Å². The van der Waals surface area contributed by atoms with Gasteiger partial charge >= 0.3 is 0 Å². The third-order valence-electron chi connectivity index (χ3n) is 3.56. The molecule has 0 unspecified atom stereocenters. The molecule has 0 saturated heterocycles. The van der Waals surface area contributed by atoms with E-state index in [2.05, 4.69) is 6.07 Å². The van der Waals surface area contributed by atoms with E-state index in [0.717, 1.165) is 24.0 Å². The van der Waals surface area contributed by atoms with E-state index < -0.39 is 0 Å². The lowest BCUT2D eigenvalue weighted by atomic mass is 10.3. The van der Waals surface area contributed by atoms with Crippen LogP contribution in [0.4, 0.5) is 0 Å². The Kier molecular flexibility index (Phi) is 3.21. The summed E-state index contributed by atoms with van der Waals surface area (Å²) in [4.78, 5) is 0. The highest BCUT2D eigenvalue weighted by Gasteiger charge is 2.23. The maximum absolute atomic E-state index is 6.00. The molecule has 0 aliphatic heterocycles. The second kappa shape index (κ2) is 4.99. The zero-order valence-corrected chi connectivity index (χ0v) is 10.2. The van der Waals surface area contributed by atoms with Crippen LogP contribution in [-0.4, -0.2) is 12.7 Å². The highest BCUT2D eigenvalue weighted by atomic mass is 16.5. The van der Waals surface area contributed by atoms with Crippen molar-refractivity contribution in [3.05, 3.63) is 24.3 Å². The number of hydrogen-bond donors (Lipinski definition) is 0. The molecular weight excluding hydrogens is 212 g/mol. The van der Waals surface area contributed by atoms with Crippen LogP contribution in [0.1, 0.15) is 38.5 Å². The minimum atomic E-state index is 0.383. The van der Waals surface area contributed by atoms with E-state index in [1.807, 2.05) is 18.2 Å². The fourth-order valence-corrected chi connectivity index (χ4v) is 2.29. The first-order valence-electron chi connectivity index (χ1n) is 6.71. The molecule has 1 aromatic rings. The van der Waals surface area contributed by atoms with Crippen LogP contribution in [0, 0.1) is 12.0 Å². The van der Waals surface area contributed by atoms with Gasteiger partial charge in [0.15, 0.2) is 11.5 Å². The molecule has 2 heteroatoms. The van der Waals surface area contributed by atoms with Crippen molar-refractivity contribution >= 4 is 0 Å². The summed E-state index contributed by atoms with van der Waals surface area (Å²) >= 11 is 0. The third-order valence-corrected chi connectivity index (χ3v) is 3.56. The average Bonchev–Trinajstić information content (AvgIpc) is 3.05. The van der Waals surface area contributed by atoms with E-state index in [0.29, 0.717) is 6.10 Å². The number of benzene rings is 1. The molecule has 3 rings (SSSR count). The van der Waals surface area contributed by atoms with E-state index in [1.165, 1.54) is 38.5 Å². The van der Waals surface area contributed by atoms with Gasteiger partial charge in [-0.3, -0.25) is 0 Å². The summed E-state index contributed by atoms with van der Waals surface area (Å²) in [7, 11) is 0. The normalized spacial score (nSPS) is 20.5. The summed E-state index contributed by atoms with van der Waals surface area (Å²) in [6, 6.07) is 8.83. The molecule has 0 heterocycles. The Labute approximate surface area is 103 Å². The molecule has 17 heavy (non-hydrogen) atoms. The third kappa shape index (κ3) is 2.93. The molecule has 2 saturated carbocycles. The number of ether oxygens (including phenoxy) is 2. The Morgan fingerprint density at radius 2 is 1.94 bits per heavy atom. The highest BCUT2D eigenvalue weighted by Crippen LogP contribution is 2.34. The van der Waals surface area contributed by atoms with Crippen LogP contribution in [0.5, 0.6) is 11.5 Å². The van der Waals surface area contributed by atoms with Crippen molar-refractivity contribution in [3.63, 3.8) is 0 Å². The molecule has 0 N–H and O–H groups in total. The molecule has 0 amide bonds. The molecule has 2 aliphatic carbocycles. The van der Waals surface area contributed by atoms with Crippen LogP contribution in [0.15, 0.2) is 18.2 Å². The van der Waals surface area contributed by atoms with Gasteiger partial charge in [0.25, 0.3) is 0 Å². The molecule has 1 radical (unpaired) electrons. The second-order valence-corrected chi connectivity index (χ2v) is 5.15. The van der Waals surface area contributed by atoms with Gasteiger partial charge in [-0.2, -0.15) is 0 Å². The summed E-state index contributed by atoms with van der Waals surface area (Å²) in [6.45, 7) is 0.838. The molecule has 0 aromatic heterocycles. The lowest BCUT2D eigenvalue weighted by Crippen LogP contribution is -2.12. The van der Waals surface area contributed by atoms with E-state index in [-0.39, 0.29) is 0 Å². The minimum Gasteiger partial charge on any atom is -0.489 e. The van der Waals surface area contributed by atoms with Gasteiger partial charge in [-0.15, -0.1) is 0 Å². The van der Waals surface area contributed by atoms with Crippen LogP contribution in [0.25, 0.3) is 0 Å². The largest absolute Gasteiger partial charge is 0.489 e. The maximum Gasteiger partial charge on any atom is 0.162 e. The SMILES string of the molecule is [c]1ccc(OCC2CC2)c(OC2CCCC2)c1. The van der Waals surface area contributed by atoms with Gasteiger partial charge in [0.05, 0.1) is 12.7 Å². The Bertz CT molecular complexity index is 365. The van der Waals surface area contributed by atoms with Crippen LogP contribution in [0.2, 0.25) is 0 Å². The van der Waals surface area contributed by atoms with Crippen molar-refractivity contribution in [3.8, 4) is 11.5 Å². The molecule has 2 aliphatic rings. The smallest absolute Gasteiger partial charge is 0.162 e. The molecule has 0 bridgehead atoms. The molecule has 2 fully saturated rings. The summed E-state index contributed by atoms with van der Waals surface area (Å²) < 4.78 is 11.8. The number of rotatable bonds is 5. The van der Waals surface area contributed by atoms with Gasteiger partial charge in [-0.1, -0.05) is 6.07 Å². The zero-order valence-electron chi connectivity index (χ0n) is 10.2. The quantitative estimate of drug-likeness (QED) is 0.771. The van der Waals surface area contributed by atoms with Crippen LogP contribution < -0.4 is 9.47 Å². The topological polar surface area (TPSA) is 18.5 Å². The van der Waals surface area contributed by atoms with Gasteiger partial charge in [0, 0.05) is 0 Å². The van der Waals surface area contributed by atoms with Crippen molar-refractivity contribution < 1.29 is 9.47 Å². The van der Waals surface area contributed by atoms with Gasteiger partial charge in [0.2, 0.25) is 0 Å². The van der Waals surface area contributed by atoms with Crippen LogP contribution in [0.3, 0.4) is 0 Å². The van der Waals surface area contributed by atoms with Gasteiger partial charge in [-0.05, 0) is 62.6 Å². The first-order chi connectivity index (χ1) is 8.42. The Balaban J connectivity index is 1.63. The van der Waals surface area contributed by atoms with Crippen molar-refractivity contribution in [1.29, 1.82) is 0 Å². The lowest BCUT2D eigenvalue weighted by Gasteiger charge is -2.16. The standard InChI is InChI=1S/C15H19O2/c1-2-6-13(5-1)17-15-8-4-3-7-14(15)16-11-12-9-10-12/h3,7-8,12-13H,1-2,5-6,9-11H2. The van der Waals surface area contributed by atoms with E-state index in [1.54, 1.807) is 0 Å². The summed E-state index contributed by atoms with van der Waals surface area (Å²) in [5.41, 5.74) is 0. The molecule has 1 aromatic carbocycles. The maximum atomic E-state index is 6.00. The molecule has 0 atom stereocenters. The zero-order chi connectivity index (χ0) is 11.5. The van der Waals surface area contributed by atoms with Crippen molar-refractivity contribution in [2.75, 3.05) is 6.61 Å². The highest BCUT2D eigenvalue weighted by molar-refractivity contribution is 5.39. The first-order valence-corrected chi connectivity index (χ1v) is 6.71. The molecule has 2 nitrogen and oxygen atoms in total. The predicted octanol–water partition coefficient (Wildman–Crippen LogP) is 3.60. The summed E-state index contributed by atoms with van der Waals surface area (Å²) in [5, 5.41) is 0. The summed E-state index contributed by atoms with van der Waals surface area (Å²) in [5.74, 6) is 2.54. The van der Waals surface area contributed by atoms with E-state index in [4.69, 9.17) is 9.47 Å². The van der Waals surface area contributed by atoms with Gasteiger partial charge in [0.1, 0.15) is 0 Å². The van der Waals surface area contributed by atoms with Crippen molar-refractivity contribution in [1.82, 2.24) is 0 Å². The van der Waals surface area contributed by atoms with Crippen LogP contribution in [-0.2, 0) is 0 Å². The lowest BCUT2D eigenvalue weighted by molar-refractivity contribution is 0.193. The van der Waals surface area contributed by atoms with E-state index in [9.17, 15) is 0 Å². The summed E-state index contributed by atoms with van der Waals surface area (Å²) in [6.07, 6.45) is 7.96. The average molecular weight is 231 g/mol.